The van der Waals surface area contributed by atoms with Crippen molar-refractivity contribution in [3.8, 4) is 17.1 Å². The Bertz CT molecular complexity index is 1390. The molecular weight excluding hydrogens is 504 g/mol. The second-order valence-corrected chi connectivity index (χ2v) is 11.4. The molecule has 3 rings (SSSR count). The van der Waals surface area contributed by atoms with Crippen LogP contribution in [-0.2, 0) is 22.9 Å². The molecule has 0 unspecified atom stereocenters. The molecule has 0 atom stereocenters. The highest BCUT2D eigenvalue weighted by molar-refractivity contribution is 7.89. The molecule has 0 aliphatic heterocycles. The molecule has 38 heavy (non-hydrogen) atoms. The first-order valence-corrected chi connectivity index (χ1v) is 15.1. The Kier molecular flexibility index (Phi) is 10.1. The molecule has 1 aromatic carbocycles. The Balaban J connectivity index is 2.16. The fraction of sp³-hybridized carbons (Fsp3) is 0.593. The zero-order chi connectivity index (χ0) is 28.0. The topological polar surface area (TPSA) is 113 Å². The largest absolute Gasteiger partial charge is 0.493 e. The molecule has 0 saturated heterocycles. The van der Waals surface area contributed by atoms with Gasteiger partial charge in [-0.3, -0.25) is 4.79 Å². The van der Waals surface area contributed by atoms with E-state index in [1.165, 1.54) is 4.31 Å². The van der Waals surface area contributed by atoms with Crippen molar-refractivity contribution in [1.82, 2.24) is 28.8 Å². The molecule has 0 saturated carbocycles. The van der Waals surface area contributed by atoms with Crippen LogP contribution in [0, 0.1) is 0 Å². The van der Waals surface area contributed by atoms with Gasteiger partial charge >= 0.3 is 0 Å². The van der Waals surface area contributed by atoms with Gasteiger partial charge in [0.25, 0.3) is 5.56 Å². The molecule has 0 aliphatic carbocycles. The number of benzene rings is 1. The Hall–Kier alpha value is -2.76. The van der Waals surface area contributed by atoms with Crippen LogP contribution in [0.5, 0.6) is 5.75 Å². The third-order valence-corrected chi connectivity index (χ3v) is 8.74. The number of rotatable bonds is 14. The fourth-order valence-corrected chi connectivity index (χ4v) is 6.25. The Morgan fingerprint density at radius 2 is 1.79 bits per heavy atom. The molecule has 2 aromatic heterocycles. The van der Waals surface area contributed by atoms with Crippen molar-refractivity contribution < 1.29 is 13.2 Å². The molecule has 0 spiro atoms. The van der Waals surface area contributed by atoms with E-state index in [0.29, 0.717) is 60.9 Å². The predicted octanol–water partition coefficient (Wildman–Crippen LogP) is 3.74. The maximum absolute atomic E-state index is 13.8. The van der Waals surface area contributed by atoms with Crippen LogP contribution in [0.3, 0.4) is 0 Å². The van der Waals surface area contributed by atoms with Crippen molar-refractivity contribution in [3.63, 3.8) is 0 Å². The number of hydrogen-bond donors (Lipinski definition) is 1. The summed E-state index contributed by atoms with van der Waals surface area (Å²) in [5, 5.41) is 4.72. The predicted molar refractivity (Wildman–Crippen MR) is 150 cm³/mol. The van der Waals surface area contributed by atoms with Crippen molar-refractivity contribution in [2.24, 2.45) is 0 Å². The van der Waals surface area contributed by atoms with Crippen molar-refractivity contribution in [2.75, 3.05) is 32.8 Å². The molecule has 11 heteroatoms. The first-order chi connectivity index (χ1) is 18.1. The molecule has 3 aromatic rings. The van der Waals surface area contributed by atoms with Crippen LogP contribution in [0.1, 0.15) is 66.4 Å². The maximum Gasteiger partial charge on any atom is 0.277 e. The summed E-state index contributed by atoms with van der Waals surface area (Å²) in [6, 6.07) is 4.52. The van der Waals surface area contributed by atoms with E-state index in [1.54, 1.807) is 22.7 Å². The zero-order valence-electron chi connectivity index (χ0n) is 23.7. The minimum absolute atomic E-state index is 0.126. The number of imidazole rings is 1. The van der Waals surface area contributed by atoms with Crippen molar-refractivity contribution in [1.29, 1.82) is 0 Å². The van der Waals surface area contributed by atoms with Gasteiger partial charge in [0.05, 0.1) is 22.8 Å². The van der Waals surface area contributed by atoms with Gasteiger partial charge in [0.1, 0.15) is 11.6 Å². The minimum atomic E-state index is -3.83. The van der Waals surface area contributed by atoms with E-state index in [2.05, 4.69) is 28.7 Å². The molecule has 10 nitrogen and oxygen atoms in total. The summed E-state index contributed by atoms with van der Waals surface area (Å²) in [6.45, 7) is 16.8. The quantitative estimate of drug-likeness (QED) is 0.328. The molecule has 1 N–H and O–H groups in total. The van der Waals surface area contributed by atoms with Crippen LogP contribution in [0.25, 0.3) is 16.9 Å². The number of aromatic nitrogens is 4. The number of nitrogens with zero attached hydrogens (tertiary/aromatic N) is 5. The summed E-state index contributed by atoms with van der Waals surface area (Å²) in [7, 11) is -3.83. The van der Waals surface area contributed by atoms with Crippen molar-refractivity contribution >= 4 is 15.5 Å². The number of aryl methyl sites for hydroxylation is 2. The Labute approximate surface area is 226 Å². The van der Waals surface area contributed by atoms with Crippen molar-refractivity contribution in [3.05, 3.63) is 40.1 Å². The lowest BCUT2D eigenvalue weighted by molar-refractivity contribution is 0.255. The second kappa shape index (κ2) is 12.9. The lowest BCUT2D eigenvalue weighted by Gasteiger charge is -2.29. The van der Waals surface area contributed by atoms with Gasteiger partial charge in [-0.1, -0.05) is 27.7 Å². The lowest BCUT2D eigenvalue weighted by Crippen LogP contribution is -2.42. The highest BCUT2D eigenvalue weighted by atomic mass is 32.2. The number of H-pyrrole nitrogens is 1. The molecule has 0 amide bonds. The first-order valence-electron chi connectivity index (χ1n) is 13.6. The minimum Gasteiger partial charge on any atom is -0.493 e. The van der Waals surface area contributed by atoms with Gasteiger partial charge in [0, 0.05) is 25.6 Å². The summed E-state index contributed by atoms with van der Waals surface area (Å²) in [6.07, 6.45) is 2.12. The summed E-state index contributed by atoms with van der Waals surface area (Å²) in [5.74, 6) is 1.39. The third-order valence-electron chi connectivity index (χ3n) is 6.67. The van der Waals surface area contributed by atoms with Crippen LogP contribution in [-0.4, -0.2) is 76.0 Å². The van der Waals surface area contributed by atoms with Crippen LogP contribution in [0.4, 0.5) is 0 Å². The number of likely N-dealkylation sites (N-methyl/N-ethyl adjacent to an activating group) is 1. The van der Waals surface area contributed by atoms with Gasteiger partial charge in [-0.15, -0.1) is 5.10 Å². The van der Waals surface area contributed by atoms with Crippen molar-refractivity contribution in [2.45, 2.75) is 78.7 Å². The number of sulfonamides is 1. The SMILES string of the molecule is CCCc1nc(CC)c2c(=O)[nH]c(-c3cc(S(=O)(=O)N(CCN(CC)CC)C(C)C)ccc3OCC)nn12. The fourth-order valence-electron chi connectivity index (χ4n) is 4.59. The van der Waals surface area contributed by atoms with Gasteiger partial charge in [0.2, 0.25) is 10.0 Å². The number of hydrogen-bond acceptors (Lipinski definition) is 7. The summed E-state index contributed by atoms with van der Waals surface area (Å²) in [4.78, 5) is 23.0. The smallest absolute Gasteiger partial charge is 0.277 e. The molecule has 0 aliphatic rings. The van der Waals surface area contributed by atoms with Gasteiger partial charge in [-0.05, 0) is 64.9 Å². The van der Waals surface area contributed by atoms with E-state index in [0.717, 1.165) is 19.5 Å². The van der Waals surface area contributed by atoms with Gasteiger partial charge < -0.3 is 14.6 Å². The molecule has 0 fully saturated rings. The van der Waals surface area contributed by atoms with E-state index >= 15 is 0 Å². The molecule has 0 radical (unpaired) electrons. The summed E-state index contributed by atoms with van der Waals surface area (Å²) >= 11 is 0. The second-order valence-electron chi connectivity index (χ2n) is 9.47. The summed E-state index contributed by atoms with van der Waals surface area (Å²) in [5.41, 5.74) is 1.20. The van der Waals surface area contributed by atoms with E-state index in [-0.39, 0.29) is 22.3 Å². The number of aromatic amines is 1. The molecule has 0 bridgehead atoms. The zero-order valence-corrected chi connectivity index (χ0v) is 24.6. The average molecular weight is 547 g/mol. The van der Waals surface area contributed by atoms with E-state index in [4.69, 9.17) is 9.84 Å². The number of nitrogens with one attached hydrogen (secondary N) is 1. The number of fused-ring (bicyclic) bond motifs is 1. The van der Waals surface area contributed by atoms with E-state index < -0.39 is 10.0 Å². The maximum atomic E-state index is 13.8. The van der Waals surface area contributed by atoms with E-state index in [9.17, 15) is 13.2 Å². The van der Waals surface area contributed by atoms with Gasteiger partial charge in [0.15, 0.2) is 11.3 Å². The molecule has 2 heterocycles. The van der Waals surface area contributed by atoms with Crippen LogP contribution >= 0.6 is 0 Å². The van der Waals surface area contributed by atoms with Gasteiger partial charge in [-0.25, -0.2) is 17.9 Å². The van der Waals surface area contributed by atoms with E-state index in [1.807, 2.05) is 34.6 Å². The molecule has 210 valence electrons. The highest BCUT2D eigenvalue weighted by Crippen LogP contribution is 2.32. The highest BCUT2D eigenvalue weighted by Gasteiger charge is 2.29. The summed E-state index contributed by atoms with van der Waals surface area (Å²) < 4.78 is 36.6. The first kappa shape index (κ1) is 29.8. The Morgan fingerprint density at radius 3 is 2.37 bits per heavy atom. The van der Waals surface area contributed by atoms with Crippen LogP contribution < -0.4 is 10.3 Å². The Morgan fingerprint density at radius 1 is 1.08 bits per heavy atom. The lowest BCUT2D eigenvalue weighted by atomic mass is 10.2. The average Bonchev–Trinajstić information content (AvgIpc) is 3.24. The van der Waals surface area contributed by atoms with Crippen LogP contribution in [0.2, 0.25) is 0 Å². The van der Waals surface area contributed by atoms with Crippen LogP contribution in [0.15, 0.2) is 27.9 Å². The number of ether oxygens (including phenoxy) is 1. The van der Waals surface area contributed by atoms with Gasteiger partial charge in [-0.2, -0.15) is 4.31 Å². The molecular formula is C27H42N6O4S. The third kappa shape index (κ3) is 6.10. The normalized spacial score (nSPS) is 12.4. The monoisotopic (exact) mass is 546 g/mol. The standard InChI is InChI=1S/C27H42N6O4S/c1-8-13-24-28-22(9-2)25-27(34)29-26(30-33(24)25)21-18-20(14-15-23(21)37-12-5)38(35,36)32(19(6)7)17-16-31(10-3)11-4/h14-15,18-19H,8-13,16-17H2,1-7H3,(H,29,30,34).